The smallest absolute Gasteiger partial charge is 0.259 e. The topological polar surface area (TPSA) is 45.8 Å². The lowest BCUT2D eigenvalue weighted by Crippen LogP contribution is -2.22. The summed E-state index contributed by atoms with van der Waals surface area (Å²) in [6.07, 6.45) is 4.94. The van der Waals surface area contributed by atoms with Gasteiger partial charge in [0.15, 0.2) is 0 Å². The van der Waals surface area contributed by atoms with Crippen LogP contribution in [0.25, 0.3) is 10.2 Å². The normalized spacial score (nSPS) is 20.1. The van der Waals surface area contributed by atoms with E-state index < -0.39 is 0 Å². The number of aromatic nitrogens is 2. The molecule has 3 rings (SSSR count). The van der Waals surface area contributed by atoms with Crippen LogP contribution in [0.2, 0.25) is 0 Å². The average molecular weight is 262 g/mol. The van der Waals surface area contributed by atoms with Gasteiger partial charge in [-0.1, -0.05) is 20.8 Å². The lowest BCUT2D eigenvalue weighted by Gasteiger charge is -2.33. The Labute approximate surface area is 110 Å². The lowest BCUT2D eigenvalue weighted by molar-refractivity contribution is 0.294. The van der Waals surface area contributed by atoms with Gasteiger partial charge >= 0.3 is 0 Å². The maximum Gasteiger partial charge on any atom is 0.259 e. The third-order valence-corrected chi connectivity index (χ3v) is 5.16. The summed E-state index contributed by atoms with van der Waals surface area (Å²) in [5.41, 5.74) is 1.53. The van der Waals surface area contributed by atoms with Crippen molar-refractivity contribution in [2.45, 2.75) is 46.0 Å². The van der Waals surface area contributed by atoms with E-state index in [2.05, 4.69) is 30.7 Å². The van der Waals surface area contributed by atoms with Gasteiger partial charge in [0.2, 0.25) is 0 Å². The monoisotopic (exact) mass is 262 g/mol. The van der Waals surface area contributed by atoms with Gasteiger partial charge in [-0.05, 0) is 36.2 Å². The molecule has 1 unspecified atom stereocenters. The van der Waals surface area contributed by atoms with E-state index in [0.717, 1.165) is 16.6 Å². The SMILES string of the molecule is CC(C)(C)C1CCCc2c1sc1nc[nH]c(=O)c21. The van der Waals surface area contributed by atoms with Crippen molar-refractivity contribution < 1.29 is 0 Å². The molecule has 2 heterocycles. The van der Waals surface area contributed by atoms with Crippen LogP contribution in [0.5, 0.6) is 0 Å². The van der Waals surface area contributed by atoms with Gasteiger partial charge in [-0.15, -0.1) is 11.3 Å². The Morgan fingerprint density at radius 3 is 2.94 bits per heavy atom. The van der Waals surface area contributed by atoms with E-state index in [0.29, 0.717) is 5.92 Å². The van der Waals surface area contributed by atoms with Crippen LogP contribution in [0, 0.1) is 5.41 Å². The summed E-state index contributed by atoms with van der Waals surface area (Å²) >= 11 is 1.72. The fourth-order valence-corrected chi connectivity index (χ4v) is 4.56. The molecule has 3 nitrogen and oxygen atoms in total. The number of nitrogens with zero attached hydrogens (tertiary/aromatic N) is 1. The molecule has 1 aliphatic rings. The fourth-order valence-electron chi connectivity index (χ4n) is 2.99. The number of thiophene rings is 1. The van der Waals surface area contributed by atoms with Crippen LogP contribution in [0.3, 0.4) is 0 Å². The van der Waals surface area contributed by atoms with Gasteiger partial charge in [-0.2, -0.15) is 0 Å². The number of hydrogen-bond donors (Lipinski definition) is 1. The average Bonchev–Trinajstić information content (AvgIpc) is 2.66. The quantitative estimate of drug-likeness (QED) is 0.790. The Morgan fingerprint density at radius 1 is 1.44 bits per heavy atom. The van der Waals surface area contributed by atoms with Crippen molar-refractivity contribution in [1.82, 2.24) is 9.97 Å². The molecule has 1 atom stereocenters. The van der Waals surface area contributed by atoms with Crippen LogP contribution in [-0.4, -0.2) is 9.97 Å². The Morgan fingerprint density at radius 2 is 2.22 bits per heavy atom. The molecule has 0 saturated carbocycles. The van der Waals surface area contributed by atoms with Crippen molar-refractivity contribution >= 4 is 21.6 Å². The first-order chi connectivity index (χ1) is 8.48. The molecule has 0 bridgehead atoms. The summed E-state index contributed by atoms with van der Waals surface area (Å²) in [5, 5.41) is 0.839. The second-order valence-electron chi connectivity index (χ2n) is 6.17. The highest BCUT2D eigenvalue weighted by Crippen LogP contribution is 2.48. The minimum absolute atomic E-state index is 0.0204. The Hall–Kier alpha value is -1.16. The molecule has 2 aromatic heterocycles. The lowest BCUT2D eigenvalue weighted by atomic mass is 9.73. The zero-order valence-electron chi connectivity index (χ0n) is 11.0. The van der Waals surface area contributed by atoms with Crippen molar-refractivity contribution in [1.29, 1.82) is 0 Å². The highest BCUT2D eigenvalue weighted by Gasteiger charge is 2.33. The maximum atomic E-state index is 12.0. The summed E-state index contributed by atoms with van der Waals surface area (Å²) in [5.74, 6) is 0.555. The predicted octanol–water partition coefficient (Wildman–Crippen LogP) is 3.45. The first-order valence-corrected chi connectivity index (χ1v) is 7.29. The van der Waals surface area contributed by atoms with Gasteiger partial charge in [0.05, 0.1) is 11.7 Å². The van der Waals surface area contributed by atoms with Crippen molar-refractivity contribution in [2.24, 2.45) is 5.41 Å². The molecule has 0 spiro atoms. The third-order valence-electron chi connectivity index (χ3n) is 3.91. The van der Waals surface area contributed by atoms with E-state index in [1.807, 2.05) is 0 Å². The van der Waals surface area contributed by atoms with Gasteiger partial charge in [0, 0.05) is 4.88 Å². The van der Waals surface area contributed by atoms with Crippen molar-refractivity contribution in [2.75, 3.05) is 0 Å². The second-order valence-corrected chi connectivity index (χ2v) is 7.20. The van der Waals surface area contributed by atoms with Crippen LogP contribution >= 0.6 is 11.3 Å². The van der Waals surface area contributed by atoms with Gasteiger partial charge < -0.3 is 4.98 Å². The van der Waals surface area contributed by atoms with Crippen molar-refractivity contribution in [3.05, 3.63) is 27.1 Å². The number of aromatic amines is 1. The zero-order chi connectivity index (χ0) is 12.9. The van der Waals surface area contributed by atoms with Gasteiger partial charge in [-0.3, -0.25) is 4.79 Å². The van der Waals surface area contributed by atoms with E-state index in [1.165, 1.54) is 29.6 Å². The van der Waals surface area contributed by atoms with Crippen molar-refractivity contribution in [3.8, 4) is 0 Å². The summed E-state index contributed by atoms with van der Waals surface area (Å²) in [6.45, 7) is 6.86. The third kappa shape index (κ3) is 1.70. The molecular weight excluding hydrogens is 244 g/mol. The van der Waals surface area contributed by atoms with Gasteiger partial charge in [0.1, 0.15) is 4.83 Å². The molecule has 0 radical (unpaired) electrons. The van der Waals surface area contributed by atoms with Crippen LogP contribution in [0.4, 0.5) is 0 Å². The number of rotatable bonds is 0. The molecule has 0 fully saturated rings. The number of aryl methyl sites for hydroxylation is 1. The molecule has 4 heteroatoms. The molecule has 0 aliphatic heterocycles. The molecular formula is C14H18N2OS. The largest absolute Gasteiger partial charge is 0.313 e. The minimum Gasteiger partial charge on any atom is -0.313 e. The highest BCUT2D eigenvalue weighted by atomic mass is 32.1. The summed E-state index contributed by atoms with van der Waals surface area (Å²) in [4.78, 5) is 21.3. The number of H-pyrrole nitrogens is 1. The summed E-state index contributed by atoms with van der Waals surface area (Å²) in [7, 11) is 0. The second kappa shape index (κ2) is 3.92. The maximum absolute atomic E-state index is 12.0. The van der Waals surface area contributed by atoms with E-state index in [-0.39, 0.29) is 11.0 Å². The molecule has 0 amide bonds. The summed E-state index contributed by atoms with van der Waals surface area (Å²) in [6, 6.07) is 0. The van der Waals surface area contributed by atoms with E-state index >= 15 is 0 Å². The Balaban J connectivity index is 2.29. The molecule has 1 aliphatic carbocycles. The van der Waals surface area contributed by atoms with E-state index in [4.69, 9.17) is 0 Å². The zero-order valence-corrected chi connectivity index (χ0v) is 11.9. The molecule has 0 aromatic carbocycles. The number of fused-ring (bicyclic) bond motifs is 3. The molecule has 0 saturated heterocycles. The number of hydrogen-bond acceptors (Lipinski definition) is 3. The van der Waals surface area contributed by atoms with Crippen LogP contribution in [0.15, 0.2) is 11.1 Å². The molecule has 1 N–H and O–H groups in total. The van der Waals surface area contributed by atoms with Crippen molar-refractivity contribution in [3.63, 3.8) is 0 Å². The Kier molecular flexibility index (Phi) is 2.59. The standard InChI is InChI=1S/C14H18N2OS/c1-14(2,3)9-6-4-5-8-10-12(17)15-7-16-13(10)18-11(8)9/h7,9H,4-6H2,1-3H3,(H,15,16,17). The first kappa shape index (κ1) is 11.9. The van der Waals surface area contributed by atoms with E-state index in [9.17, 15) is 4.79 Å². The Bertz CT molecular complexity index is 648. The molecule has 18 heavy (non-hydrogen) atoms. The molecule has 2 aromatic rings. The summed E-state index contributed by atoms with van der Waals surface area (Å²) < 4.78 is 0. The van der Waals surface area contributed by atoms with E-state index in [1.54, 1.807) is 11.3 Å². The highest BCUT2D eigenvalue weighted by molar-refractivity contribution is 7.18. The van der Waals surface area contributed by atoms with Crippen LogP contribution in [-0.2, 0) is 6.42 Å². The minimum atomic E-state index is 0.0204. The first-order valence-electron chi connectivity index (χ1n) is 6.47. The van der Waals surface area contributed by atoms with Crippen LogP contribution in [0.1, 0.15) is 50.0 Å². The van der Waals surface area contributed by atoms with Crippen LogP contribution < -0.4 is 5.56 Å². The van der Waals surface area contributed by atoms with Gasteiger partial charge in [0.25, 0.3) is 5.56 Å². The van der Waals surface area contributed by atoms with Gasteiger partial charge in [-0.25, -0.2) is 4.98 Å². The number of nitrogens with one attached hydrogen (secondary N) is 1. The predicted molar refractivity (Wildman–Crippen MR) is 75.4 cm³/mol. The molecule has 96 valence electrons. The fraction of sp³-hybridized carbons (Fsp3) is 0.571.